The van der Waals surface area contributed by atoms with E-state index < -0.39 is 10.0 Å². The van der Waals surface area contributed by atoms with Crippen LogP contribution in [0.1, 0.15) is 0 Å². The second kappa shape index (κ2) is 4.67. The van der Waals surface area contributed by atoms with E-state index in [2.05, 4.69) is 0 Å². The van der Waals surface area contributed by atoms with Gasteiger partial charge in [0.1, 0.15) is 11.5 Å². The molecule has 0 bridgehead atoms. The molecule has 0 amide bonds. The van der Waals surface area contributed by atoms with E-state index in [4.69, 9.17) is 15.6 Å². The van der Waals surface area contributed by atoms with Crippen LogP contribution in [0.4, 0.5) is 5.69 Å². The number of nitrogens with two attached hydrogens (primary N) is 2. The predicted octanol–water partition coefficient (Wildman–Crippen LogP) is 1.71. The molecule has 0 fully saturated rings. The lowest BCUT2D eigenvalue weighted by molar-refractivity contribution is 0.484. The zero-order valence-corrected chi connectivity index (χ0v) is 10.2. The summed E-state index contributed by atoms with van der Waals surface area (Å²) in [4.78, 5) is 0.0379. The van der Waals surface area contributed by atoms with Gasteiger partial charge < -0.3 is 10.5 Å². The van der Waals surface area contributed by atoms with Crippen LogP contribution in [0.15, 0.2) is 53.4 Å². The highest BCUT2D eigenvalue weighted by atomic mass is 32.2. The zero-order chi connectivity index (χ0) is 13.2. The Morgan fingerprint density at radius 1 is 0.944 bits per heavy atom. The quantitative estimate of drug-likeness (QED) is 0.825. The van der Waals surface area contributed by atoms with Crippen LogP contribution in [0.25, 0.3) is 0 Å². The summed E-state index contributed by atoms with van der Waals surface area (Å²) in [7, 11) is -3.68. The average Bonchev–Trinajstić information content (AvgIpc) is 2.32. The zero-order valence-electron chi connectivity index (χ0n) is 9.41. The van der Waals surface area contributed by atoms with Gasteiger partial charge in [-0.3, -0.25) is 0 Å². The summed E-state index contributed by atoms with van der Waals surface area (Å²) in [6.07, 6.45) is 0. The van der Waals surface area contributed by atoms with Crippen molar-refractivity contribution >= 4 is 15.7 Å². The minimum absolute atomic E-state index is 0.0379. The Bertz CT molecular complexity index is 651. The van der Waals surface area contributed by atoms with Crippen molar-refractivity contribution in [1.82, 2.24) is 0 Å². The number of para-hydroxylation sites is 2. The van der Waals surface area contributed by atoms with Gasteiger partial charge in [-0.05, 0) is 36.4 Å². The van der Waals surface area contributed by atoms with Crippen LogP contribution in [0.3, 0.4) is 0 Å². The summed E-state index contributed by atoms with van der Waals surface area (Å²) >= 11 is 0. The van der Waals surface area contributed by atoms with Gasteiger partial charge in [0.25, 0.3) is 0 Å². The molecule has 0 radical (unpaired) electrons. The van der Waals surface area contributed by atoms with Crippen molar-refractivity contribution in [2.75, 3.05) is 5.73 Å². The molecule has 0 aliphatic rings. The van der Waals surface area contributed by atoms with E-state index in [1.165, 1.54) is 24.3 Å². The number of hydrogen-bond acceptors (Lipinski definition) is 4. The predicted molar refractivity (Wildman–Crippen MR) is 68.7 cm³/mol. The molecule has 0 aliphatic carbocycles. The molecule has 0 unspecified atom stereocenters. The van der Waals surface area contributed by atoms with Gasteiger partial charge in [-0.15, -0.1) is 0 Å². The van der Waals surface area contributed by atoms with Crippen LogP contribution in [-0.2, 0) is 10.0 Å². The molecule has 0 saturated heterocycles. The van der Waals surface area contributed by atoms with Crippen molar-refractivity contribution in [3.05, 3.63) is 48.5 Å². The summed E-state index contributed by atoms with van der Waals surface area (Å²) in [5.74, 6) is 1.00. The van der Waals surface area contributed by atoms with Crippen LogP contribution < -0.4 is 15.6 Å². The fourth-order valence-electron chi connectivity index (χ4n) is 1.40. The van der Waals surface area contributed by atoms with Crippen LogP contribution in [0, 0.1) is 0 Å². The molecule has 18 heavy (non-hydrogen) atoms. The van der Waals surface area contributed by atoms with E-state index in [1.54, 1.807) is 24.3 Å². The molecule has 4 N–H and O–H groups in total. The number of benzene rings is 2. The van der Waals surface area contributed by atoms with E-state index >= 15 is 0 Å². The van der Waals surface area contributed by atoms with Crippen molar-refractivity contribution in [2.24, 2.45) is 5.14 Å². The van der Waals surface area contributed by atoms with Crippen molar-refractivity contribution in [3.8, 4) is 11.5 Å². The summed E-state index contributed by atoms with van der Waals surface area (Å²) < 4.78 is 27.7. The molecule has 0 spiro atoms. The number of nitrogen functional groups attached to an aromatic ring is 1. The Balaban J connectivity index is 2.24. The van der Waals surface area contributed by atoms with E-state index in [0.717, 1.165) is 0 Å². The molecule has 2 aromatic carbocycles. The van der Waals surface area contributed by atoms with Crippen LogP contribution in [-0.4, -0.2) is 8.42 Å². The monoisotopic (exact) mass is 264 g/mol. The fraction of sp³-hybridized carbons (Fsp3) is 0. The lowest BCUT2D eigenvalue weighted by atomic mass is 10.3. The number of primary sulfonamides is 1. The highest BCUT2D eigenvalue weighted by molar-refractivity contribution is 7.89. The lowest BCUT2D eigenvalue weighted by Crippen LogP contribution is -2.11. The molecule has 94 valence electrons. The first-order valence-corrected chi connectivity index (χ1v) is 6.67. The van der Waals surface area contributed by atoms with Gasteiger partial charge >= 0.3 is 0 Å². The fourth-order valence-corrected chi connectivity index (χ4v) is 1.91. The van der Waals surface area contributed by atoms with Crippen molar-refractivity contribution in [2.45, 2.75) is 4.90 Å². The lowest BCUT2D eigenvalue weighted by Gasteiger charge is -2.08. The van der Waals surface area contributed by atoms with Crippen molar-refractivity contribution in [1.29, 1.82) is 0 Å². The maximum atomic E-state index is 11.1. The Labute approximate surface area is 105 Å². The van der Waals surface area contributed by atoms with Crippen molar-refractivity contribution < 1.29 is 13.2 Å². The van der Waals surface area contributed by atoms with E-state index in [9.17, 15) is 8.42 Å². The van der Waals surface area contributed by atoms with Gasteiger partial charge in [0.15, 0.2) is 0 Å². The first-order valence-electron chi connectivity index (χ1n) is 5.12. The Morgan fingerprint density at radius 3 is 2.11 bits per heavy atom. The van der Waals surface area contributed by atoms with E-state index in [0.29, 0.717) is 17.2 Å². The molecular formula is C12H12N2O3S. The highest BCUT2D eigenvalue weighted by Crippen LogP contribution is 2.27. The molecule has 0 atom stereocenters. The standard InChI is InChI=1S/C12H12N2O3S/c13-11-3-1-2-4-12(11)17-9-5-7-10(8-6-9)18(14,15)16/h1-8H,13H2,(H2,14,15,16). The molecule has 0 aromatic heterocycles. The molecule has 2 aromatic rings. The maximum absolute atomic E-state index is 11.1. The first-order chi connectivity index (χ1) is 8.47. The minimum atomic E-state index is -3.68. The Kier molecular flexibility index (Phi) is 3.22. The molecular weight excluding hydrogens is 252 g/mol. The molecule has 0 saturated carbocycles. The third-order valence-corrected chi connectivity index (χ3v) is 3.23. The van der Waals surface area contributed by atoms with Gasteiger partial charge in [0.05, 0.1) is 10.6 Å². The van der Waals surface area contributed by atoms with Gasteiger partial charge in [0.2, 0.25) is 10.0 Å². The third-order valence-electron chi connectivity index (χ3n) is 2.30. The summed E-state index contributed by atoms with van der Waals surface area (Å²) in [5, 5.41) is 4.99. The maximum Gasteiger partial charge on any atom is 0.238 e. The smallest absolute Gasteiger partial charge is 0.238 e. The Hall–Kier alpha value is -2.05. The summed E-state index contributed by atoms with van der Waals surface area (Å²) in [6, 6.07) is 12.8. The number of ether oxygens (including phenoxy) is 1. The van der Waals surface area contributed by atoms with Crippen LogP contribution in [0.5, 0.6) is 11.5 Å². The van der Waals surface area contributed by atoms with Crippen LogP contribution in [0.2, 0.25) is 0 Å². The molecule has 0 heterocycles. The molecule has 0 aliphatic heterocycles. The number of sulfonamides is 1. The molecule has 6 heteroatoms. The van der Waals surface area contributed by atoms with Crippen LogP contribution >= 0.6 is 0 Å². The highest BCUT2D eigenvalue weighted by Gasteiger charge is 2.07. The van der Waals surface area contributed by atoms with Gasteiger partial charge in [-0.2, -0.15) is 0 Å². The second-order valence-electron chi connectivity index (χ2n) is 3.66. The van der Waals surface area contributed by atoms with Gasteiger partial charge in [-0.25, -0.2) is 13.6 Å². The summed E-state index contributed by atoms with van der Waals surface area (Å²) in [5.41, 5.74) is 6.23. The number of anilines is 1. The second-order valence-corrected chi connectivity index (χ2v) is 5.22. The summed E-state index contributed by atoms with van der Waals surface area (Å²) in [6.45, 7) is 0. The van der Waals surface area contributed by atoms with Crippen molar-refractivity contribution in [3.63, 3.8) is 0 Å². The van der Waals surface area contributed by atoms with Gasteiger partial charge in [-0.1, -0.05) is 12.1 Å². The molecule has 5 nitrogen and oxygen atoms in total. The number of rotatable bonds is 3. The number of hydrogen-bond donors (Lipinski definition) is 2. The largest absolute Gasteiger partial charge is 0.455 e. The SMILES string of the molecule is Nc1ccccc1Oc1ccc(S(N)(=O)=O)cc1. The first kappa shape index (κ1) is 12.4. The van der Waals surface area contributed by atoms with Gasteiger partial charge in [0, 0.05) is 0 Å². The normalized spacial score (nSPS) is 11.2. The average molecular weight is 264 g/mol. The van der Waals surface area contributed by atoms with E-state index in [-0.39, 0.29) is 4.90 Å². The Morgan fingerprint density at radius 2 is 1.56 bits per heavy atom. The molecule has 2 rings (SSSR count). The van der Waals surface area contributed by atoms with E-state index in [1.807, 2.05) is 0 Å². The third kappa shape index (κ3) is 2.79. The minimum Gasteiger partial charge on any atom is -0.455 e. The topological polar surface area (TPSA) is 95.4 Å².